The fourth-order valence-electron chi connectivity index (χ4n) is 2.40. The highest BCUT2D eigenvalue weighted by Crippen LogP contribution is 2.24. The average Bonchev–Trinajstić information content (AvgIpc) is 2.65. The summed E-state index contributed by atoms with van der Waals surface area (Å²) in [5, 5.41) is 3.85. The van der Waals surface area contributed by atoms with Crippen LogP contribution in [0.25, 0.3) is 11.0 Å². The number of methoxy groups -OCH3 is 1. The van der Waals surface area contributed by atoms with Crippen molar-refractivity contribution in [3.63, 3.8) is 0 Å². The van der Waals surface area contributed by atoms with Crippen molar-refractivity contribution in [3.05, 3.63) is 69.5 Å². The molecule has 134 valence electrons. The number of benzene rings is 2. The van der Waals surface area contributed by atoms with Crippen molar-refractivity contribution >= 4 is 28.5 Å². The molecule has 1 heterocycles. The van der Waals surface area contributed by atoms with Crippen LogP contribution in [0.1, 0.15) is 10.4 Å². The Morgan fingerprint density at radius 3 is 2.69 bits per heavy atom. The van der Waals surface area contributed by atoms with Gasteiger partial charge in [-0.2, -0.15) is 0 Å². The summed E-state index contributed by atoms with van der Waals surface area (Å²) in [6, 6.07) is 13.5. The van der Waals surface area contributed by atoms with Crippen molar-refractivity contribution in [2.45, 2.75) is 0 Å². The van der Waals surface area contributed by atoms with E-state index in [0.717, 1.165) is 0 Å². The zero-order valence-electron chi connectivity index (χ0n) is 14.0. The van der Waals surface area contributed by atoms with Crippen LogP contribution in [-0.2, 0) is 0 Å². The van der Waals surface area contributed by atoms with Crippen LogP contribution in [0.15, 0.2) is 57.7 Å². The molecule has 1 aromatic heterocycles. The van der Waals surface area contributed by atoms with Gasteiger partial charge in [-0.1, -0.05) is 23.7 Å². The molecule has 1 amide bonds. The number of amides is 1. The van der Waals surface area contributed by atoms with Gasteiger partial charge in [0.1, 0.15) is 17.9 Å². The second-order valence-corrected chi connectivity index (χ2v) is 5.82. The maximum Gasteiger partial charge on any atom is 0.349 e. The van der Waals surface area contributed by atoms with Crippen molar-refractivity contribution in [2.75, 3.05) is 20.3 Å². The lowest BCUT2D eigenvalue weighted by Gasteiger charge is -2.08. The Hall–Kier alpha value is -2.99. The highest BCUT2D eigenvalue weighted by Gasteiger charge is 2.15. The molecular formula is C19H16ClNO5. The minimum Gasteiger partial charge on any atom is -0.493 e. The van der Waals surface area contributed by atoms with E-state index in [9.17, 15) is 9.59 Å². The van der Waals surface area contributed by atoms with Crippen molar-refractivity contribution in [1.82, 2.24) is 5.32 Å². The highest BCUT2D eigenvalue weighted by molar-refractivity contribution is 6.30. The molecule has 6 nitrogen and oxygen atoms in total. The molecule has 0 spiro atoms. The van der Waals surface area contributed by atoms with Gasteiger partial charge in [0, 0.05) is 10.4 Å². The molecule has 1 N–H and O–H groups in total. The largest absolute Gasteiger partial charge is 0.493 e. The van der Waals surface area contributed by atoms with Gasteiger partial charge in [0.15, 0.2) is 11.3 Å². The first kappa shape index (κ1) is 17.8. The molecule has 7 heteroatoms. The number of halogens is 1. The number of ether oxygens (including phenoxy) is 2. The van der Waals surface area contributed by atoms with Crippen LogP contribution in [0.3, 0.4) is 0 Å². The summed E-state index contributed by atoms with van der Waals surface area (Å²) in [5.41, 5.74) is -0.488. The lowest BCUT2D eigenvalue weighted by Crippen LogP contribution is -2.31. The zero-order valence-corrected chi connectivity index (χ0v) is 14.7. The second-order valence-electron chi connectivity index (χ2n) is 5.38. The normalized spacial score (nSPS) is 10.5. The molecule has 3 aromatic rings. The van der Waals surface area contributed by atoms with Gasteiger partial charge in [-0.05, 0) is 36.4 Å². The van der Waals surface area contributed by atoms with E-state index in [-0.39, 0.29) is 18.7 Å². The van der Waals surface area contributed by atoms with Gasteiger partial charge in [-0.3, -0.25) is 4.79 Å². The molecule has 2 aromatic carbocycles. The van der Waals surface area contributed by atoms with E-state index in [2.05, 4.69) is 5.32 Å². The van der Waals surface area contributed by atoms with Crippen LogP contribution in [-0.4, -0.2) is 26.2 Å². The third-order valence-corrected chi connectivity index (χ3v) is 3.91. The van der Waals surface area contributed by atoms with E-state index in [1.807, 2.05) is 0 Å². The van der Waals surface area contributed by atoms with Gasteiger partial charge >= 0.3 is 5.63 Å². The third-order valence-electron chi connectivity index (χ3n) is 3.66. The van der Waals surface area contributed by atoms with E-state index in [1.165, 1.54) is 13.2 Å². The summed E-state index contributed by atoms with van der Waals surface area (Å²) in [4.78, 5) is 24.3. The van der Waals surface area contributed by atoms with Crippen LogP contribution in [0.5, 0.6) is 11.5 Å². The van der Waals surface area contributed by atoms with E-state index >= 15 is 0 Å². The predicted molar refractivity (Wildman–Crippen MR) is 98.3 cm³/mol. The molecule has 0 aliphatic heterocycles. The first-order chi connectivity index (χ1) is 12.6. The maximum atomic E-state index is 12.2. The van der Waals surface area contributed by atoms with E-state index < -0.39 is 11.5 Å². The quantitative estimate of drug-likeness (QED) is 0.530. The molecule has 0 aliphatic rings. The fourth-order valence-corrected chi connectivity index (χ4v) is 2.52. The number of fused-ring (bicyclic) bond motifs is 1. The van der Waals surface area contributed by atoms with Gasteiger partial charge in [-0.25, -0.2) is 4.79 Å². The summed E-state index contributed by atoms with van der Waals surface area (Å²) >= 11 is 5.80. The molecule has 0 aliphatic carbocycles. The van der Waals surface area contributed by atoms with Gasteiger partial charge in [0.25, 0.3) is 5.91 Å². The average molecular weight is 374 g/mol. The number of hydrogen-bond donors (Lipinski definition) is 1. The molecule has 0 atom stereocenters. The van der Waals surface area contributed by atoms with E-state index in [1.54, 1.807) is 42.5 Å². The molecule has 0 bridgehead atoms. The molecule has 0 radical (unpaired) electrons. The van der Waals surface area contributed by atoms with Crippen LogP contribution in [0.4, 0.5) is 0 Å². The molecule has 0 saturated carbocycles. The Balaban J connectivity index is 1.65. The highest BCUT2D eigenvalue weighted by atomic mass is 35.5. The van der Waals surface area contributed by atoms with Gasteiger partial charge in [-0.15, -0.1) is 0 Å². The molecule has 0 saturated heterocycles. The molecule has 3 rings (SSSR count). The van der Waals surface area contributed by atoms with Crippen LogP contribution in [0, 0.1) is 0 Å². The number of rotatable bonds is 6. The number of nitrogens with one attached hydrogen (secondary N) is 1. The Kier molecular flexibility index (Phi) is 5.43. The van der Waals surface area contributed by atoms with Crippen LogP contribution >= 0.6 is 11.6 Å². The smallest absolute Gasteiger partial charge is 0.349 e. The number of carbonyl (C=O) groups excluding carboxylic acids is 1. The van der Waals surface area contributed by atoms with Gasteiger partial charge in [0.05, 0.1) is 13.7 Å². The SMILES string of the molecule is COc1cccc2cc(C(=O)NCCOc3ccc(Cl)cc3)c(=O)oc12. The van der Waals surface area contributed by atoms with Gasteiger partial charge < -0.3 is 19.2 Å². The summed E-state index contributed by atoms with van der Waals surface area (Å²) in [5.74, 6) is 0.548. The van der Waals surface area contributed by atoms with Crippen LogP contribution < -0.4 is 20.4 Å². The summed E-state index contributed by atoms with van der Waals surface area (Å²) in [7, 11) is 1.48. The molecule has 26 heavy (non-hydrogen) atoms. The lowest BCUT2D eigenvalue weighted by molar-refractivity contribution is 0.0943. The zero-order chi connectivity index (χ0) is 18.5. The fraction of sp³-hybridized carbons (Fsp3) is 0.158. The van der Waals surface area contributed by atoms with Crippen molar-refractivity contribution in [2.24, 2.45) is 0 Å². The Morgan fingerprint density at radius 2 is 1.96 bits per heavy atom. The Morgan fingerprint density at radius 1 is 1.19 bits per heavy atom. The number of carbonyl (C=O) groups is 1. The summed E-state index contributed by atoms with van der Waals surface area (Å²) in [6.45, 7) is 0.483. The van der Waals surface area contributed by atoms with Crippen LogP contribution in [0.2, 0.25) is 5.02 Å². The number of hydrogen-bond acceptors (Lipinski definition) is 5. The molecule has 0 unspecified atom stereocenters. The predicted octanol–water partition coefficient (Wildman–Crippen LogP) is 3.26. The Labute approximate surface area is 154 Å². The molecular weight excluding hydrogens is 358 g/mol. The van der Waals surface area contributed by atoms with Crippen molar-refractivity contribution in [3.8, 4) is 11.5 Å². The minimum atomic E-state index is -0.724. The lowest BCUT2D eigenvalue weighted by atomic mass is 10.1. The summed E-state index contributed by atoms with van der Waals surface area (Å²) in [6.07, 6.45) is 0. The number of para-hydroxylation sites is 1. The summed E-state index contributed by atoms with van der Waals surface area (Å²) < 4.78 is 15.9. The van der Waals surface area contributed by atoms with E-state index in [0.29, 0.717) is 27.5 Å². The molecule has 0 fully saturated rings. The second kappa shape index (κ2) is 7.93. The first-order valence-electron chi connectivity index (χ1n) is 7.86. The Bertz CT molecular complexity index is 981. The van der Waals surface area contributed by atoms with E-state index in [4.69, 9.17) is 25.5 Å². The third kappa shape index (κ3) is 3.97. The standard InChI is InChI=1S/C19H16ClNO5/c1-24-16-4-2-3-12-11-15(19(23)26-17(12)16)18(22)21-9-10-25-14-7-5-13(20)6-8-14/h2-8,11H,9-10H2,1H3,(H,21,22). The van der Waals surface area contributed by atoms with Crippen molar-refractivity contribution in [1.29, 1.82) is 0 Å². The van der Waals surface area contributed by atoms with Crippen molar-refractivity contribution < 1.29 is 18.7 Å². The van der Waals surface area contributed by atoms with Gasteiger partial charge in [0.2, 0.25) is 0 Å². The topological polar surface area (TPSA) is 77.8 Å². The monoisotopic (exact) mass is 373 g/mol. The minimum absolute atomic E-state index is 0.0720. The first-order valence-corrected chi connectivity index (χ1v) is 8.23. The maximum absolute atomic E-state index is 12.2.